The molecule has 1 amide bonds. The molecular weight excluding hydrogens is 244 g/mol. The van der Waals surface area contributed by atoms with Crippen LogP contribution in [0.5, 0.6) is 0 Å². The van der Waals surface area contributed by atoms with Crippen molar-refractivity contribution in [2.24, 2.45) is 10.4 Å². The van der Waals surface area contributed by atoms with Crippen LogP contribution in [0.1, 0.15) is 39.0 Å². The predicted molar refractivity (Wildman–Crippen MR) is 78.5 cm³/mol. The molecule has 0 bridgehead atoms. The van der Waals surface area contributed by atoms with Crippen LogP contribution in [0.15, 0.2) is 22.5 Å². The highest BCUT2D eigenvalue weighted by Crippen LogP contribution is 2.16. The van der Waals surface area contributed by atoms with Crippen molar-refractivity contribution in [3.63, 3.8) is 0 Å². The van der Waals surface area contributed by atoms with Crippen LogP contribution >= 0.6 is 11.3 Å². The van der Waals surface area contributed by atoms with Crippen molar-refractivity contribution < 1.29 is 4.79 Å². The molecule has 0 spiro atoms. The number of carbonyl (C=O) groups is 1. The first-order chi connectivity index (χ1) is 8.44. The van der Waals surface area contributed by atoms with Gasteiger partial charge in [-0.25, -0.2) is 0 Å². The SMILES string of the molecule is CCCNC(=O)C(=NCC(C)(C)C)c1cccs1. The van der Waals surface area contributed by atoms with Crippen LogP contribution in [0.25, 0.3) is 0 Å². The average molecular weight is 266 g/mol. The number of nitrogens with zero attached hydrogens (tertiary/aromatic N) is 1. The largest absolute Gasteiger partial charge is 0.351 e. The van der Waals surface area contributed by atoms with E-state index in [4.69, 9.17) is 0 Å². The Labute approximate surface area is 113 Å². The molecule has 0 saturated heterocycles. The molecule has 1 rings (SSSR count). The molecule has 0 aliphatic rings. The van der Waals surface area contributed by atoms with Gasteiger partial charge in [0.1, 0.15) is 5.71 Å². The fourth-order valence-electron chi connectivity index (χ4n) is 1.31. The number of thiophene rings is 1. The standard InChI is InChI=1S/C14H22N2OS/c1-5-8-15-13(17)12(11-7-6-9-18-11)16-10-14(2,3)4/h6-7,9H,5,8,10H2,1-4H3,(H,15,17). The summed E-state index contributed by atoms with van der Waals surface area (Å²) in [7, 11) is 0. The smallest absolute Gasteiger partial charge is 0.270 e. The molecule has 1 aromatic rings. The number of carbonyl (C=O) groups excluding carboxylic acids is 1. The van der Waals surface area contributed by atoms with Gasteiger partial charge in [0.2, 0.25) is 0 Å². The molecule has 3 nitrogen and oxygen atoms in total. The van der Waals surface area contributed by atoms with E-state index in [0.29, 0.717) is 18.8 Å². The van der Waals surface area contributed by atoms with Crippen LogP contribution in [-0.2, 0) is 4.79 Å². The number of nitrogens with one attached hydrogen (secondary N) is 1. The van der Waals surface area contributed by atoms with Crippen LogP contribution in [-0.4, -0.2) is 24.7 Å². The Morgan fingerprint density at radius 3 is 2.67 bits per heavy atom. The van der Waals surface area contributed by atoms with Gasteiger partial charge in [0, 0.05) is 13.1 Å². The summed E-state index contributed by atoms with van der Waals surface area (Å²) in [5, 5.41) is 4.86. The quantitative estimate of drug-likeness (QED) is 0.817. The summed E-state index contributed by atoms with van der Waals surface area (Å²) in [6.07, 6.45) is 0.933. The third-order valence-electron chi connectivity index (χ3n) is 2.22. The summed E-state index contributed by atoms with van der Waals surface area (Å²) in [6, 6.07) is 3.89. The molecule has 4 heteroatoms. The average Bonchev–Trinajstić information content (AvgIpc) is 2.78. The molecule has 0 unspecified atom stereocenters. The topological polar surface area (TPSA) is 41.5 Å². The molecule has 0 atom stereocenters. The third kappa shape index (κ3) is 5.00. The van der Waals surface area contributed by atoms with E-state index in [9.17, 15) is 4.79 Å². The van der Waals surface area contributed by atoms with E-state index < -0.39 is 0 Å². The Morgan fingerprint density at radius 1 is 1.44 bits per heavy atom. The molecule has 100 valence electrons. The minimum absolute atomic E-state index is 0.0662. The number of hydrogen-bond donors (Lipinski definition) is 1. The van der Waals surface area contributed by atoms with Crippen molar-refractivity contribution in [2.75, 3.05) is 13.1 Å². The van der Waals surface area contributed by atoms with Crippen LogP contribution in [0, 0.1) is 5.41 Å². The first-order valence-electron chi connectivity index (χ1n) is 6.30. The highest BCUT2D eigenvalue weighted by molar-refractivity contribution is 7.13. The summed E-state index contributed by atoms with van der Waals surface area (Å²) < 4.78 is 0. The lowest BCUT2D eigenvalue weighted by Gasteiger charge is -2.15. The van der Waals surface area contributed by atoms with E-state index >= 15 is 0 Å². The monoisotopic (exact) mass is 266 g/mol. The minimum atomic E-state index is -0.0662. The maximum absolute atomic E-state index is 12.1. The molecule has 18 heavy (non-hydrogen) atoms. The van der Waals surface area contributed by atoms with Crippen LogP contribution in [0.3, 0.4) is 0 Å². The van der Waals surface area contributed by atoms with Gasteiger partial charge in [0.15, 0.2) is 0 Å². The molecular formula is C14H22N2OS. The molecule has 0 aromatic carbocycles. The Kier molecular flexibility index (Phi) is 5.54. The molecule has 0 radical (unpaired) electrons. The zero-order chi connectivity index (χ0) is 13.6. The van der Waals surface area contributed by atoms with Gasteiger partial charge in [0.25, 0.3) is 5.91 Å². The molecule has 1 N–H and O–H groups in total. The summed E-state index contributed by atoms with van der Waals surface area (Å²) in [4.78, 5) is 17.5. The lowest BCUT2D eigenvalue weighted by molar-refractivity contribution is -0.114. The van der Waals surface area contributed by atoms with Gasteiger partial charge in [-0.05, 0) is 23.3 Å². The number of rotatable bonds is 5. The Balaban J connectivity index is 2.86. The molecule has 0 aliphatic carbocycles. The Morgan fingerprint density at radius 2 is 2.17 bits per heavy atom. The Hall–Kier alpha value is -1.16. The third-order valence-corrected chi connectivity index (χ3v) is 3.09. The first kappa shape index (κ1) is 14.9. The molecule has 0 saturated carbocycles. The van der Waals surface area contributed by atoms with Gasteiger partial charge in [0.05, 0.1) is 4.88 Å². The maximum Gasteiger partial charge on any atom is 0.270 e. The number of hydrogen-bond acceptors (Lipinski definition) is 3. The summed E-state index contributed by atoms with van der Waals surface area (Å²) >= 11 is 1.55. The highest BCUT2D eigenvalue weighted by Gasteiger charge is 2.16. The van der Waals surface area contributed by atoms with Gasteiger partial charge in [-0.3, -0.25) is 9.79 Å². The van der Waals surface area contributed by atoms with Gasteiger partial charge >= 0.3 is 0 Å². The van der Waals surface area contributed by atoms with Crippen molar-refractivity contribution in [1.29, 1.82) is 0 Å². The van der Waals surface area contributed by atoms with E-state index in [1.165, 1.54) is 0 Å². The second-order valence-electron chi connectivity index (χ2n) is 5.46. The summed E-state index contributed by atoms with van der Waals surface area (Å²) in [5.41, 5.74) is 0.654. The van der Waals surface area contributed by atoms with Gasteiger partial charge < -0.3 is 5.32 Å². The Bertz CT molecular complexity index is 402. The van der Waals surface area contributed by atoms with Crippen molar-refractivity contribution >= 4 is 23.0 Å². The molecule has 1 heterocycles. The summed E-state index contributed by atoms with van der Waals surface area (Å²) in [5.74, 6) is -0.0662. The zero-order valence-corrected chi connectivity index (χ0v) is 12.4. The normalized spacial score (nSPS) is 12.6. The molecule has 0 fully saturated rings. The van der Waals surface area contributed by atoms with E-state index in [2.05, 4.69) is 31.1 Å². The van der Waals surface area contributed by atoms with Crippen LogP contribution < -0.4 is 5.32 Å². The van der Waals surface area contributed by atoms with Gasteiger partial charge in [-0.15, -0.1) is 11.3 Å². The maximum atomic E-state index is 12.1. The summed E-state index contributed by atoms with van der Waals surface area (Å²) in [6.45, 7) is 9.74. The number of amides is 1. The van der Waals surface area contributed by atoms with E-state index in [-0.39, 0.29) is 11.3 Å². The first-order valence-corrected chi connectivity index (χ1v) is 7.18. The van der Waals surface area contributed by atoms with Gasteiger partial charge in [-0.2, -0.15) is 0 Å². The minimum Gasteiger partial charge on any atom is -0.351 e. The van der Waals surface area contributed by atoms with Crippen LogP contribution in [0.2, 0.25) is 0 Å². The second-order valence-corrected chi connectivity index (χ2v) is 6.41. The van der Waals surface area contributed by atoms with E-state index in [1.807, 2.05) is 24.4 Å². The fraction of sp³-hybridized carbons (Fsp3) is 0.571. The lowest BCUT2D eigenvalue weighted by atomic mass is 9.97. The highest BCUT2D eigenvalue weighted by atomic mass is 32.1. The zero-order valence-electron chi connectivity index (χ0n) is 11.6. The fourth-order valence-corrected chi connectivity index (χ4v) is 2.04. The van der Waals surface area contributed by atoms with Crippen molar-refractivity contribution in [2.45, 2.75) is 34.1 Å². The molecule has 1 aromatic heterocycles. The second kappa shape index (κ2) is 6.69. The lowest BCUT2D eigenvalue weighted by Crippen LogP contribution is -2.32. The molecule has 0 aliphatic heterocycles. The van der Waals surface area contributed by atoms with Crippen molar-refractivity contribution in [1.82, 2.24) is 5.32 Å². The predicted octanol–water partition coefficient (Wildman–Crippen LogP) is 3.11. The van der Waals surface area contributed by atoms with E-state index in [1.54, 1.807) is 11.3 Å². The number of aliphatic imine (C=N–C) groups is 1. The van der Waals surface area contributed by atoms with Crippen molar-refractivity contribution in [3.8, 4) is 0 Å². The van der Waals surface area contributed by atoms with Crippen molar-refractivity contribution in [3.05, 3.63) is 22.4 Å². The van der Waals surface area contributed by atoms with Crippen LogP contribution in [0.4, 0.5) is 0 Å². The van der Waals surface area contributed by atoms with E-state index in [0.717, 1.165) is 11.3 Å². The van der Waals surface area contributed by atoms with Gasteiger partial charge in [-0.1, -0.05) is 33.8 Å².